The van der Waals surface area contributed by atoms with Gasteiger partial charge in [0.2, 0.25) is 0 Å². The van der Waals surface area contributed by atoms with E-state index in [1.54, 1.807) is 0 Å². The van der Waals surface area contributed by atoms with Crippen LogP contribution in [0.2, 0.25) is 0 Å². The summed E-state index contributed by atoms with van der Waals surface area (Å²) in [5, 5.41) is 8.03. The van der Waals surface area contributed by atoms with Gasteiger partial charge in [0.15, 0.2) is 0 Å². The zero-order chi connectivity index (χ0) is 27.7. The fraction of sp³-hybridized carbons (Fsp3) is 0.960. The van der Waals surface area contributed by atoms with E-state index in [0.717, 1.165) is 57.8 Å². The Morgan fingerprint density at radius 2 is 0.750 bits per heavy atom. The molecule has 0 bridgehead atoms. The molecule has 11 heteroatoms. The van der Waals surface area contributed by atoms with Crippen molar-refractivity contribution < 1.29 is 49.4 Å². The zero-order valence-electron chi connectivity index (χ0n) is 20.9. The topological polar surface area (TPSA) is 37.3 Å². The quantitative estimate of drug-likeness (QED) is 0.0970. The number of hydrogen-bond acceptors (Lipinski definition) is 1. The molecule has 0 saturated carbocycles. The molecule has 216 valence electrons. The minimum absolute atomic E-state index is 0.0441. The Kier molecular flexibility index (Phi) is 16.8. The Morgan fingerprint density at radius 3 is 1.03 bits per heavy atom. The van der Waals surface area contributed by atoms with E-state index < -0.39 is 42.5 Å². The molecule has 0 aliphatic heterocycles. The number of rotatable bonds is 24. The van der Waals surface area contributed by atoms with Crippen molar-refractivity contribution in [3.63, 3.8) is 0 Å². The average molecular weight is 545 g/mol. The van der Waals surface area contributed by atoms with Gasteiger partial charge in [0.05, 0.1) is 6.67 Å². The highest BCUT2D eigenvalue weighted by atomic mass is 19.4. The van der Waals surface area contributed by atoms with Gasteiger partial charge in [0.25, 0.3) is 0 Å². The van der Waals surface area contributed by atoms with Crippen molar-refractivity contribution in [1.29, 1.82) is 0 Å². The van der Waals surface area contributed by atoms with E-state index >= 15 is 0 Å². The second kappa shape index (κ2) is 17.4. The number of hydrogen-bond donors (Lipinski definition) is 1. The fourth-order valence-electron chi connectivity index (χ4n) is 3.99. The first-order valence-corrected chi connectivity index (χ1v) is 13.1. The number of halogens is 9. The number of aliphatic carboxylic acids is 1. The molecule has 0 aromatic heterocycles. The van der Waals surface area contributed by atoms with Crippen LogP contribution >= 0.6 is 0 Å². The van der Waals surface area contributed by atoms with Gasteiger partial charge in [-0.05, 0) is 12.8 Å². The Bertz CT molecular complexity index is 584. The van der Waals surface area contributed by atoms with Crippen LogP contribution in [0.25, 0.3) is 0 Å². The molecule has 2 nitrogen and oxygen atoms in total. The lowest BCUT2D eigenvalue weighted by atomic mass is 9.94. The molecule has 0 rings (SSSR count). The van der Waals surface area contributed by atoms with Gasteiger partial charge >= 0.3 is 29.7 Å². The summed E-state index contributed by atoms with van der Waals surface area (Å²) < 4.78 is 119. The summed E-state index contributed by atoms with van der Waals surface area (Å²) >= 11 is 0. The maximum atomic E-state index is 13.6. The third kappa shape index (κ3) is 11.5. The third-order valence-electron chi connectivity index (χ3n) is 6.39. The third-order valence-corrected chi connectivity index (χ3v) is 6.39. The lowest BCUT2D eigenvalue weighted by Gasteiger charge is -2.35. The van der Waals surface area contributed by atoms with E-state index in [-0.39, 0.29) is 13.1 Å². The van der Waals surface area contributed by atoms with Crippen LogP contribution in [0, 0.1) is 0 Å². The van der Waals surface area contributed by atoms with E-state index in [1.165, 1.54) is 25.7 Å². The molecule has 0 aromatic carbocycles. The SMILES string of the molecule is O=C(O)C(F)(F)C(F)(F)C(F)(F)C(F)(F)CCCCCCCCCCCCCCCCCCCCF. The Hall–Kier alpha value is -1.16. The van der Waals surface area contributed by atoms with Crippen LogP contribution in [0.15, 0.2) is 0 Å². The summed E-state index contributed by atoms with van der Waals surface area (Å²) in [6.45, 7) is -0.233. The predicted octanol–water partition coefficient (Wildman–Crippen LogP) is 9.99. The second-order valence-electron chi connectivity index (χ2n) is 9.54. The summed E-state index contributed by atoms with van der Waals surface area (Å²) in [6.07, 6.45) is 13.6. The average Bonchev–Trinajstić information content (AvgIpc) is 2.80. The van der Waals surface area contributed by atoms with Gasteiger partial charge in [-0.25, -0.2) is 4.79 Å². The van der Waals surface area contributed by atoms with Crippen LogP contribution in [-0.2, 0) is 4.79 Å². The van der Waals surface area contributed by atoms with E-state index in [9.17, 15) is 44.3 Å². The van der Waals surface area contributed by atoms with Crippen LogP contribution in [-0.4, -0.2) is 41.4 Å². The maximum Gasteiger partial charge on any atom is 0.410 e. The molecular formula is C25H41F9O2. The van der Waals surface area contributed by atoms with Crippen molar-refractivity contribution in [2.24, 2.45) is 0 Å². The van der Waals surface area contributed by atoms with Crippen molar-refractivity contribution in [2.75, 3.05) is 6.67 Å². The smallest absolute Gasteiger partial charge is 0.410 e. The Balaban J connectivity index is 3.83. The lowest BCUT2D eigenvalue weighted by Crippen LogP contribution is -2.64. The van der Waals surface area contributed by atoms with Gasteiger partial charge in [-0.3, -0.25) is 4.39 Å². The largest absolute Gasteiger partial charge is 0.477 e. The number of carboxylic acid groups (broad SMARTS) is 1. The first kappa shape index (κ1) is 34.8. The van der Waals surface area contributed by atoms with E-state index in [2.05, 4.69) is 0 Å². The summed E-state index contributed by atoms with van der Waals surface area (Å²) in [7, 11) is 0. The summed E-state index contributed by atoms with van der Waals surface area (Å²) in [5.74, 6) is -28.7. The zero-order valence-corrected chi connectivity index (χ0v) is 20.9. The molecule has 1 N–H and O–H groups in total. The number of alkyl halides is 9. The molecular weight excluding hydrogens is 503 g/mol. The molecule has 0 aromatic rings. The molecule has 0 heterocycles. The maximum absolute atomic E-state index is 13.6. The summed E-state index contributed by atoms with van der Waals surface area (Å²) in [4.78, 5) is 10.2. The molecule has 0 unspecified atom stereocenters. The van der Waals surface area contributed by atoms with E-state index in [1.807, 2.05) is 0 Å². The molecule has 0 aliphatic carbocycles. The molecule has 0 atom stereocenters. The van der Waals surface area contributed by atoms with E-state index in [4.69, 9.17) is 5.11 Å². The number of carbonyl (C=O) groups is 1. The molecule has 0 aliphatic rings. The minimum atomic E-state index is -6.74. The highest BCUT2D eigenvalue weighted by Crippen LogP contribution is 2.54. The van der Waals surface area contributed by atoms with Gasteiger partial charge in [0, 0.05) is 6.42 Å². The Labute approximate surface area is 208 Å². The van der Waals surface area contributed by atoms with Gasteiger partial charge in [-0.2, -0.15) is 35.1 Å². The lowest BCUT2D eigenvalue weighted by molar-refractivity contribution is -0.360. The van der Waals surface area contributed by atoms with Gasteiger partial charge < -0.3 is 5.11 Å². The second-order valence-corrected chi connectivity index (χ2v) is 9.54. The van der Waals surface area contributed by atoms with Crippen molar-refractivity contribution >= 4 is 5.97 Å². The highest BCUT2D eigenvalue weighted by Gasteiger charge is 2.82. The normalized spacial score (nSPS) is 13.4. The van der Waals surface area contributed by atoms with Crippen molar-refractivity contribution in [3.8, 4) is 0 Å². The van der Waals surface area contributed by atoms with Crippen LogP contribution in [0.5, 0.6) is 0 Å². The molecule has 0 amide bonds. The summed E-state index contributed by atoms with van der Waals surface area (Å²) in [5.41, 5.74) is 0. The van der Waals surface area contributed by atoms with Crippen LogP contribution in [0.1, 0.15) is 122 Å². The first-order chi connectivity index (χ1) is 16.8. The summed E-state index contributed by atoms with van der Waals surface area (Å²) in [6, 6.07) is 0. The number of unbranched alkanes of at least 4 members (excludes halogenated alkanes) is 17. The fourth-order valence-corrected chi connectivity index (χ4v) is 3.99. The van der Waals surface area contributed by atoms with Gasteiger partial charge in [-0.15, -0.1) is 0 Å². The molecule has 0 radical (unpaired) electrons. The Morgan fingerprint density at radius 1 is 0.472 bits per heavy atom. The standard InChI is InChI=1S/C25H41F9O2/c26-20-18-16-14-12-10-8-6-4-2-1-3-5-7-9-11-13-15-17-19-22(27,28)24(31,32)25(33,34)23(29,30)21(35)36/h1-20H2,(H,35,36). The monoisotopic (exact) mass is 544 g/mol. The van der Waals surface area contributed by atoms with Crippen LogP contribution in [0.3, 0.4) is 0 Å². The molecule has 0 spiro atoms. The molecule has 0 fully saturated rings. The van der Waals surface area contributed by atoms with E-state index in [0.29, 0.717) is 19.3 Å². The first-order valence-electron chi connectivity index (χ1n) is 13.1. The van der Waals surface area contributed by atoms with Crippen molar-refractivity contribution in [3.05, 3.63) is 0 Å². The van der Waals surface area contributed by atoms with Crippen molar-refractivity contribution in [2.45, 2.75) is 146 Å². The minimum Gasteiger partial charge on any atom is -0.477 e. The molecule has 36 heavy (non-hydrogen) atoms. The highest BCUT2D eigenvalue weighted by molar-refractivity contribution is 5.77. The van der Waals surface area contributed by atoms with Crippen molar-refractivity contribution in [1.82, 2.24) is 0 Å². The molecule has 0 saturated heterocycles. The van der Waals surface area contributed by atoms with Crippen LogP contribution in [0.4, 0.5) is 39.5 Å². The van der Waals surface area contributed by atoms with Gasteiger partial charge in [-0.1, -0.05) is 103 Å². The predicted molar refractivity (Wildman–Crippen MR) is 121 cm³/mol. The number of carboxylic acids is 1. The van der Waals surface area contributed by atoms with Crippen LogP contribution < -0.4 is 0 Å². The van der Waals surface area contributed by atoms with Gasteiger partial charge in [0.1, 0.15) is 0 Å².